The first-order valence-electron chi connectivity index (χ1n) is 10.7. The second kappa shape index (κ2) is 9.39. The van der Waals surface area contributed by atoms with E-state index in [0.717, 1.165) is 32.4 Å². The van der Waals surface area contributed by atoms with Crippen molar-refractivity contribution in [1.29, 1.82) is 0 Å². The molecular weight excluding hydrogens is 381 g/mol. The molecule has 2 amide bonds. The van der Waals surface area contributed by atoms with E-state index >= 15 is 0 Å². The SMILES string of the molecule is O=C(NCC(=O)N1CCC(N2CCC(c3ccccc3)CC2)C1)c1ccccc1F. The van der Waals surface area contributed by atoms with Gasteiger partial charge < -0.3 is 10.2 Å². The quantitative estimate of drug-likeness (QED) is 0.826. The standard InChI is InChI=1S/C24H28FN3O2/c25-22-9-5-4-8-21(22)24(30)26-16-23(29)28-15-12-20(17-28)27-13-10-19(11-14-27)18-6-2-1-3-7-18/h1-9,19-20H,10-17H2,(H,26,30). The van der Waals surface area contributed by atoms with Crippen LogP contribution in [0.15, 0.2) is 54.6 Å². The highest BCUT2D eigenvalue weighted by Crippen LogP contribution is 2.30. The summed E-state index contributed by atoms with van der Waals surface area (Å²) in [7, 11) is 0. The number of carbonyl (C=O) groups is 2. The molecule has 2 heterocycles. The molecule has 0 aromatic heterocycles. The first-order chi connectivity index (χ1) is 14.6. The highest BCUT2D eigenvalue weighted by molar-refractivity contribution is 5.96. The molecule has 4 rings (SSSR count). The summed E-state index contributed by atoms with van der Waals surface area (Å²) < 4.78 is 13.7. The molecule has 30 heavy (non-hydrogen) atoms. The third-order valence-electron chi connectivity index (χ3n) is 6.35. The highest BCUT2D eigenvalue weighted by atomic mass is 19.1. The summed E-state index contributed by atoms with van der Waals surface area (Å²) >= 11 is 0. The third-order valence-corrected chi connectivity index (χ3v) is 6.35. The van der Waals surface area contributed by atoms with Crippen LogP contribution < -0.4 is 5.32 Å². The van der Waals surface area contributed by atoms with Crippen LogP contribution in [0.1, 0.15) is 41.1 Å². The van der Waals surface area contributed by atoms with E-state index in [-0.39, 0.29) is 18.0 Å². The van der Waals surface area contributed by atoms with Crippen LogP contribution in [0, 0.1) is 5.82 Å². The van der Waals surface area contributed by atoms with Gasteiger partial charge in [-0.3, -0.25) is 14.5 Å². The first kappa shape index (κ1) is 20.5. The van der Waals surface area contributed by atoms with Crippen LogP contribution in [0.2, 0.25) is 0 Å². The molecule has 2 fully saturated rings. The molecule has 0 radical (unpaired) electrons. The third kappa shape index (κ3) is 4.70. The molecule has 6 heteroatoms. The van der Waals surface area contributed by atoms with E-state index in [4.69, 9.17) is 0 Å². The zero-order valence-electron chi connectivity index (χ0n) is 17.1. The number of nitrogens with one attached hydrogen (secondary N) is 1. The lowest BCUT2D eigenvalue weighted by Gasteiger charge is -2.36. The Morgan fingerprint density at radius 2 is 1.63 bits per heavy atom. The van der Waals surface area contributed by atoms with Gasteiger partial charge in [-0.1, -0.05) is 42.5 Å². The van der Waals surface area contributed by atoms with Crippen molar-refractivity contribution >= 4 is 11.8 Å². The van der Waals surface area contributed by atoms with Crippen molar-refractivity contribution in [2.24, 2.45) is 0 Å². The van der Waals surface area contributed by atoms with E-state index < -0.39 is 11.7 Å². The van der Waals surface area contributed by atoms with Crippen molar-refractivity contribution in [3.05, 3.63) is 71.5 Å². The minimum atomic E-state index is -0.581. The summed E-state index contributed by atoms with van der Waals surface area (Å²) in [4.78, 5) is 29.0. The van der Waals surface area contributed by atoms with Gasteiger partial charge in [-0.05, 0) is 56.0 Å². The molecule has 2 aliphatic heterocycles. The van der Waals surface area contributed by atoms with Gasteiger partial charge >= 0.3 is 0 Å². The maximum Gasteiger partial charge on any atom is 0.254 e. The molecule has 1 atom stereocenters. The van der Waals surface area contributed by atoms with Gasteiger partial charge in [-0.15, -0.1) is 0 Å². The Morgan fingerprint density at radius 3 is 2.37 bits per heavy atom. The van der Waals surface area contributed by atoms with Crippen LogP contribution in [0.25, 0.3) is 0 Å². The van der Waals surface area contributed by atoms with E-state index in [1.165, 1.54) is 23.8 Å². The zero-order chi connectivity index (χ0) is 20.9. The lowest BCUT2D eigenvalue weighted by atomic mass is 9.89. The zero-order valence-corrected chi connectivity index (χ0v) is 17.1. The lowest BCUT2D eigenvalue weighted by Crippen LogP contribution is -2.44. The summed E-state index contributed by atoms with van der Waals surface area (Å²) in [6.45, 7) is 3.41. The predicted octanol–water partition coefficient (Wildman–Crippen LogP) is 3.04. The minimum absolute atomic E-state index is 0.0362. The number of rotatable bonds is 5. The van der Waals surface area contributed by atoms with Crippen LogP contribution >= 0.6 is 0 Å². The average molecular weight is 410 g/mol. The number of amides is 2. The number of likely N-dealkylation sites (tertiary alicyclic amines) is 2. The summed E-state index contributed by atoms with van der Waals surface area (Å²) in [5.41, 5.74) is 1.39. The van der Waals surface area contributed by atoms with Gasteiger partial charge in [-0.2, -0.15) is 0 Å². The molecule has 0 saturated carbocycles. The Kier molecular flexibility index (Phi) is 6.43. The van der Waals surface area contributed by atoms with Crippen molar-refractivity contribution in [1.82, 2.24) is 15.1 Å². The van der Waals surface area contributed by atoms with Crippen molar-refractivity contribution in [2.75, 3.05) is 32.7 Å². The van der Waals surface area contributed by atoms with Crippen molar-refractivity contribution < 1.29 is 14.0 Å². The molecule has 2 aromatic carbocycles. The van der Waals surface area contributed by atoms with Gasteiger partial charge in [0.15, 0.2) is 0 Å². The minimum Gasteiger partial charge on any atom is -0.343 e. The number of nitrogens with zero attached hydrogens (tertiary/aromatic N) is 2. The van der Waals surface area contributed by atoms with Crippen LogP contribution in [0.3, 0.4) is 0 Å². The van der Waals surface area contributed by atoms with E-state index in [9.17, 15) is 14.0 Å². The first-order valence-corrected chi connectivity index (χ1v) is 10.7. The lowest BCUT2D eigenvalue weighted by molar-refractivity contribution is -0.129. The van der Waals surface area contributed by atoms with Crippen LogP contribution in [0.4, 0.5) is 4.39 Å². The molecule has 1 unspecified atom stereocenters. The van der Waals surface area contributed by atoms with E-state index in [2.05, 4.69) is 40.5 Å². The molecule has 2 aliphatic rings. The largest absolute Gasteiger partial charge is 0.343 e. The highest BCUT2D eigenvalue weighted by Gasteiger charge is 2.32. The maximum atomic E-state index is 13.7. The van der Waals surface area contributed by atoms with Gasteiger partial charge in [0.05, 0.1) is 12.1 Å². The van der Waals surface area contributed by atoms with E-state index in [1.807, 2.05) is 4.90 Å². The molecule has 1 N–H and O–H groups in total. The molecule has 0 bridgehead atoms. The van der Waals surface area contributed by atoms with Crippen molar-refractivity contribution in [3.63, 3.8) is 0 Å². The Labute approximate surface area is 176 Å². The fraction of sp³-hybridized carbons (Fsp3) is 0.417. The number of hydrogen-bond donors (Lipinski definition) is 1. The van der Waals surface area contributed by atoms with Crippen LogP contribution in [-0.2, 0) is 4.79 Å². The topological polar surface area (TPSA) is 52.7 Å². The normalized spacial score (nSPS) is 20.3. The molecule has 2 aromatic rings. The molecule has 0 spiro atoms. The molecule has 158 valence electrons. The van der Waals surface area contributed by atoms with Gasteiger partial charge in [0.2, 0.25) is 5.91 Å². The summed E-state index contributed by atoms with van der Waals surface area (Å²) in [6.07, 6.45) is 3.25. The molecule has 0 aliphatic carbocycles. The second-order valence-corrected chi connectivity index (χ2v) is 8.17. The Hall–Kier alpha value is -2.73. The Bertz CT molecular complexity index is 881. The second-order valence-electron chi connectivity index (χ2n) is 8.17. The van der Waals surface area contributed by atoms with E-state index in [1.54, 1.807) is 6.07 Å². The molecular formula is C24H28FN3O2. The van der Waals surface area contributed by atoms with Crippen molar-refractivity contribution in [3.8, 4) is 0 Å². The number of piperidine rings is 1. The maximum absolute atomic E-state index is 13.7. The van der Waals surface area contributed by atoms with Crippen molar-refractivity contribution in [2.45, 2.75) is 31.2 Å². The molecule has 5 nitrogen and oxygen atoms in total. The summed E-state index contributed by atoms with van der Waals surface area (Å²) in [5, 5.41) is 2.55. The Morgan fingerprint density at radius 1 is 0.933 bits per heavy atom. The van der Waals surface area contributed by atoms with Crippen LogP contribution in [-0.4, -0.2) is 60.4 Å². The number of benzene rings is 2. The Balaban J connectivity index is 1.23. The smallest absolute Gasteiger partial charge is 0.254 e. The number of carbonyl (C=O) groups excluding carboxylic acids is 2. The van der Waals surface area contributed by atoms with Gasteiger partial charge in [-0.25, -0.2) is 4.39 Å². The fourth-order valence-electron chi connectivity index (χ4n) is 4.60. The van der Waals surface area contributed by atoms with Gasteiger partial charge in [0.25, 0.3) is 5.91 Å². The summed E-state index contributed by atoms with van der Waals surface area (Å²) in [6, 6.07) is 16.9. The molecule has 2 saturated heterocycles. The van der Waals surface area contributed by atoms with E-state index in [0.29, 0.717) is 25.0 Å². The number of halogens is 1. The average Bonchev–Trinajstić information content (AvgIpc) is 3.29. The summed E-state index contributed by atoms with van der Waals surface area (Å²) in [5.74, 6) is -0.626. The monoisotopic (exact) mass is 409 g/mol. The van der Waals surface area contributed by atoms with Gasteiger partial charge in [0.1, 0.15) is 5.82 Å². The van der Waals surface area contributed by atoms with Crippen LogP contribution in [0.5, 0.6) is 0 Å². The van der Waals surface area contributed by atoms with Gasteiger partial charge in [0, 0.05) is 19.1 Å². The fourth-order valence-corrected chi connectivity index (χ4v) is 4.60. The predicted molar refractivity (Wildman–Crippen MR) is 114 cm³/mol. The number of hydrogen-bond acceptors (Lipinski definition) is 3.